The Kier molecular flexibility index (Phi) is 3.44. The Morgan fingerprint density at radius 1 is 1.06 bits per heavy atom. The molecule has 1 aromatic carbocycles. The second-order valence-corrected chi connectivity index (χ2v) is 4.06. The van der Waals surface area contributed by atoms with Crippen molar-refractivity contribution in [2.75, 3.05) is 0 Å². The number of fused-ring (bicyclic) bond motifs is 1. The van der Waals surface area contributed by atoms with Gasteiger partial charge in [0.2, 0.25) is 0 Å². The lowest BCUT2D eigenvalue weighted by atomic mass is 10.2. The van der Waals surface area contributed by atoms with E-state index in [0.717, 1.165) is 18.7 Å². The summed E-state index contributed by atoms with van der Waals surface area (Å²) in [6.45, 7) is 1.13. The third-order valence-electron chi connectivity index (χ3n) is 2.98. The van der Waals surface area contributed by atoms with Gasteiger partial charge in [-0.25, -0.2) is 4.98 Å². The number of rotatable bonds is 1. The molecule has 3 rings (SSSR count). The normalized spacial score (nSPS) is 14.0. The maximum Gasteiger partial charge on any atom is 0.109 e. The molecular weight excluding hydrogens is 264 g/mol. The minimum Gasteiger partial charge on any atom is -0.334 e. The van der Waals surface area contributed by atoms with E-state index in [1.165, 1.54) is 24.2 Å². The summed E-state index contributed by atoms with van der Waals surface area (Å²) < 4.78 is 2.30. The monoisotopic (exact) mass is 278 g/mol. The number of aryl methyl sites for hydroxylation is 2. The number of nitrogens with zero attached hydrogens (tertiary/aromatic N) is 2. The van der Waals surface area contributed by atoms with Crippen molar-refractivity contribution in [3.8, 4) is 11.3 Å². The van der Waals surface area contributed by atoms with E-state index in [1.807, 2.05) is 6.07 Å². The molecule has 16 heavy (non-hydrogen) atoms. The zero-order valence-corrected chi connectivity index (χ0v) is 10.8. The maximum atomic E-state index is 4.68. The van der Waals surface area contributed by atoms with Gasteiger partial charge in [0.05, 0.1) is 5.69 Å². The minimum absolute atomic E-state index is 0. The van der Waals surface area contributed by atoms with Gasteiger partial charge in [0.15, 0.2) is 0 Å². The molecule has 84 valence electrons. The molecule has 1 aromatic heterocycles. The lowest BCUT2D eigenvalue weighted by Crippen LogP contribution is -2.08. The van der Waals surface area contributed by atoms with Crippen molar-refractivity contribution in [1.29, 1.82) is 0 Å². The van der Waals surface area contributed by atoms with Gasteiger partial charge in [0.1, 0.15) is 5.82 Å². The van der Waals surface area contributed by atoms with Crippen molar-refractivity contribution >= 4 is 17.0 Å². The second kappa shape index (κ2) is 4.83. The molecule has 0 saturated heterocycles. The van der Waals surface area contributed by atoms with E-state index in [1.54, 1.807) is 0 Å². The summed E-state index contributed by atoms with van der Waals surface area (Å²) in [5, 5.41) is 0. The third kappa shape index (κ3) is 2.05. The number of halogens is 1. The van der Waals surface area contributed by atoms with Gasteiger partial charge in [0, 0.05) is 24.7 Å². The van der Waals surface area contributed by atoms with E-state index in [0.29, 0.717) is 0 Å². The average Bonchev–Trinajstić information content (AvgIpc) is 2.74. The molecule has 0 aliphatic carbocycles. The van der Waals surface area contributed by atoms with Crippen molar-refractivity contribution in [1.82, 2.24) is 9.55 Å². The van der Waals surface area contributed by atoms with Crippen LogP contribution >= 0.6 is 17.0 Å². The first-order valence-electron chi connectivity index (χ1n) is 5.55. The van der Waals surface area contributed by atoms with Crippen molar-refractivity contribution < 1.29 is 0 Å². The Hall–Kier alpha value is -1.09. The first-order valence-corrected chi connectivity index (χ1v) is 5.55. The minimum atomic E-state index is 0. The Morgan fingerprint density at radius 3 is 2.62 bits per heavy atom. The van der Waals surface area contributed by atoms with Crippen LogP contribution in [0.4, 0.5) is 0 Å². The molecule has 1 aliphatic heterocycles. The van der Waals surface area contributed by atoms with Crippen molar-refractivity contribution in [2.24, 2.45) is 0 Å². The number of hydrogen-bond acceptors (Lipinski definition) is 1. The molecular formula is C13H15BrN2. The molecule has 0 radical (unpaired) electrons. The Bertz CT molecular complexity index is 439. The van der Waals surface area contributed by atoms with Crippen LogP contribution in [0.25, 0.3) is 11.3 Å². The molecule has 3 heteroatoms. The van der Waals surface area contributed by atoms with Gasteiger partial charge in [-0.15, -0.1) is 17.0 Å². The molecule has 0 unspecified atom stereocenters. The van der Waals surface area contributed by atoms with Crippen LogP contribution in [0.1, 0.15) is 18.7 Å². The Morgan fingerprint density at radius 2 is 1.88 bits per heavy atom. The second-order valence-electron chi connectivity index (χ2n) is 4.06. The highest BCUT2D eigenvalue weighted by Gasteiger charge is 2.12. The fourth-order valence-electron chi connectivity index (χ4n) is 2.16. The predicted molar refractivity (Wildman–Crippen MR) is 70.9 cm³/mol. The largest absolute Gasteiger partial charge is 0.334 e. The fraction of sp³-hybridized carbons (Fsp3) is 0.308. The van der Waals surface area contributed by atoms with Gasteiger partial charge in [-0.1, -0.05) is 30.3 Å². The van der Waals surface area contributed by atoms with Gasteiger partial charge >= 0.3 is 0 Å². The summed E-state index contributed by atoms with van der Waals surface area (Å²) in [5.41, 5.74) is 2.34. The van der Waals surface area contributed by atoms with Crippen LogP contribution in [-0.2, 0) is 13.0 Å². The fourth-order valence-corrected chi connectivity index (χ4v) is 2.16. The molecule has 0 spiro atoms. The van der Waals surface area contributed by atoms with E-state index in [2.05, 4.69) is 40.0 Å². The third-order valence-corrected chi connectivity index (χ3v) is 2.98. The first-order chi connectivity index (χ1) is 7.43. The van der Waals surface area contributed by atoms with Crippen molar-refractivity contribution in [2.45, 2.75) is 25.8 Å². The molecule has 0 amide bonds. The van der Waals surface area contributed by atoms with Crippen molar-refractivity contribution in [3.63, 3.8) is 0 Å². The number of benzene rings is 1. The lowest BCUT2D eigenvalue weighted by molar-refractivity contribution is 0.522. The van der Waals surface area contributed by atoms with Gasteiger partial charge in [-0.05, 0) is 12.8 Å². The number of aromatic nitrogens is 2. The molecule has 0 N–H and O–H groups in total. The van der Waals surface area contributed by atoms with Crippen LogP contribution in [0.5, 0.6) is 0 Å². The summed E-state index contributed by atoms with van der Waals surface area (Å²) in [4.78, 5) is 4.68. The van der Waals surface area contributed by atoms with Crippen LogP contribution in [-0.4, -0.2) is 9.55 Å². The van der Waals surface area contributed by atoms with E-state index >= 15 is 0 Å². The smallest absolute Gasteiger partial charge is 0.109 e. The van der Waals surface area contributed by atoms with Crippen LogP contribution in [0.2, 0.25) is 0 Å². The topological polar surface area (TPSA) is 17.8 Å². The van der Waals surface area contributed by atoms with Crippen LogP contribution in [0.3, 0.4) is 0 Å². The number of hydrogen-bond donors (Lipinski definition) is 0. The molecule has 2 heterocycles. The summed E-state index contributed by atoms with van der Waals surface area (Å²) in [6.07, 6.45) is 5.89. The maximum absolute atomic E-state index is 4.68. The summed E-state index contributed by atoms with van der Waals surface area (Å²) in [7, 11) is 0. The van der Waals surface area contributed by atoms with Gasteiger partial charge < -0.3 is 4.57 Å². The van der Waals surface area contributed by atoms with E-state index in [4.69, 9.17) is 0 Å². The summed E-state index contributed by atoms with van der Waals surface area (Å²) in [5.74, 6) is 1.25. The Labute approximate surface area is 106 Å². The molecule has 2 aromatic rings. The highest BCUT2D eigenvalue weighted by Crippen LogP contribution is 2.21. The van der Waals surface area contributed by atoms with E-state index in [9.17, 15) is 0 Å². The summed E-state index contributed by atoms with van der Waals surface area (Å²) in [6, 6.07) is 10.4. The first kappa shape index (κ1) is 11.4. The van der Waals surface area contributed by atoms with E-state index in [-0.39, 0.29) is 17.0 Å². The highest BCUT2D eigenvalue weighted by molar-refractivity contribution is 8.93. The zero-order valence-electron chi connectivity index (χ0n) is 9.10. The Balaban J connectivity index is 0.000000963. The standard InChI is InChI=1S/C13H14N2.BrH/c1-2-6-11(7-3-1)12-10-15-9-5-4-8-13(15)14-12;/h1-3,6-7,10H,4-5,8-9H2;1H. The molecule has 0 saturated carbocycles. The summed E-state index contributed by atoms with van der Waals surface area (Å²) >= 11 is 0. The highest BCUT2D eigenvalue weighted by atomic mass is 79.9. The average molecular weight is 279 g/mol. The SMILES string of the molecule is Br.c1ccc(-c2cn3c(n2)CCCC3)cc1. The van der Waals surface area contributed by atoms with Gasteiger partial charge in [0.25, 0.3) is 0 Å². The number of imidazole rings is 1. The molecule has 2 nitrogen and oxygen atoms in total. The van der Waals surface area contributed by atoms with Crippen LogP contribution in [0.15, 0.2) is 36.5 Å². The molecule has 0 atom stereocenters. The van der Waals surface area contributed by atoms with Crippen molar-refractivity contribution in [3.05, 3.63) is 42.4 Å². The van der Waals surface area contributed by atoms with Crippen LogP contribution < -0.4 is 0 Å². The van der Waals surface area contributed by atoms with Gasteiger partial charge in [-0.2, -0.15) is 0 Å². The quantitative estimate of drug-likeness (QED) is 0.781. The molecule has 0 fully saturated rings. The van der Waals surface area contributed by atoms with Gasteiger partial charge in [-0.3, -0.25) is 0 Å². The van der Waals surface area contributed by atoms with E-state index < -0.39 is 0 Å². The predicted octanol–water partition coefficient (Wildman–Crippen LogP) is 3.46. The molecule has 0 bridgehead atoms. The zero-order chi connectivity index (χ0) is 10.1. The molecule has 1 aliphatic rings. The lowest BCUT2D eigenvalue weighted by Gasteiger charge is -2.11. The van der Waals surface area contributed by atoms with Crippen LogP contribution in [0, 0.1) is 0 Å².